The molecule has 5 rings (SSSR count). The Hall–Kier alpha value is -3.85. The molecule has 0 aliphatic heterocycles. The van der Waals surface area contributed by atoms with Crippen LogP contribution >= 0.6 is 0 Å². The Morgan fingerprint density at radius 3 is 2.36 bits per heavy atom. The summed E-state index contributed by atoms with van der Waals surface area (Å²) in [6.07, 6.45) is 0.811. The largest absolute Gasteiger partial charge is 0.365 e. The molecule has 9 heteroatoms. The third kappa shape index (κ3) is 3.80. The zero-order chi connectivity index (χ0) is 23.0. The lowest BCUT2D eigenvalue weighted by molar-refractivity contribution is 0.592. The zero-order valence-electron chi connectivity index (χ0n) is 17.7. The molecule has 33 heavy (non-hydrogen) atoms. The van der Waals surface area contributed by atoms with Crippen molar-refractivity contribution in [3.8, 4) is 0 Å². The molecule has 0 saturated carbocycles. The number of rotatable bonds is 6. The smallest absolute Gasteiger partial charge is 0.229 e. The van der Waals surface area contributed by atoms with E-state index in [1.54, 1.807) is 36.4 Å². The van der Waals surface area contributed by atoms with Crippen LogP contribution in [0.5, 0.6) is 0 Å². The van der Waals surface area contributed by atoms with Crippen molar-refractivity contribution in [1.29, 1.82) is 0 Å². The molecule has 0 bridgehead atoms. The molecule has 0 saturated heterocycles. The molecule has 2 aromatic heterocycles. The van der Waals surface area contributed by atoms with Crippen LogP contribution in [0.25, 0.3) is 16.6 Å². The maximum atomic E-state index is 13.4. The van der Waals surface area contributed by atoms with E-state index in [4.69, 9.17) is 0 Å². The number of sulfone groups is 1. The number of aromatic nitrogens is 4. The lowest BCUT2D eigenvalue weighted by Gasteiger charge is -2.11. The van der Waals surface area contributed by atoms with Crippen molar-refractivity contribution < 1.29 is 12.8 Å². The van der Waals surface area contributed by atoms with E-state index in [0.717, 1.165) is 22.9 Å². The molecule has 0 radical (unpaired) electrons. The summed E-state index contributed by atoms with van der Waals surface area (Å²) < 4.78 is 41.4. The molecule has 0 fully saturated rings. The lowest BCUT2D eigenvalue weighted by Crippen LogP contribution is -2.07. The second kappa shape index (κ2) is 8.25. The van der Waals surface area contributed by atoms with E-state index in [1.165, 1.54) is 16.6 Å². The predicted octanol–water partition coefficient (Wildman–Crippen LogP) is 4.42. The van der Waals surface area contributed by atoms with Gasteiger partial charge in [-0.2, -0.15) is 4.52 Å². The van der Waals surface area contributed by atoms with E-state index in [1.807, 2.05) is 31.2 Å². The van der Waals surface area contributed by atoms with Crippen molar-refractivity contribution in [1.82, 2.24) is 19.8 Å². The normalized spacial score (nSPS) is 11.8. The number of para-hydroxylation sites is 1. The van der Waals surface area contributed by atoms with Crippen molar-refractivity contribution in [3.05, 3.63) is 89.7 Å². The molecular formula is C24H20FN5O2S. The Labute approximate surface area is 189 Å². The van der Waals surface area contributed by atoms with Gasteiger partial charge in [0.25, 0.3) is 0 Å². The van der Waals surface area contributed by atoms with Crippen molar-refractivity contribution in [3.63, 3.8) is 0 Å². The number of fused-ring (bicyclic) bond motifs is 3. The molecule has 166 valence electrons. The minimum absolute atomic E-state index is 0.134. The number of anilines is 1. The summed E-state index contributed by atoms with van der Waals surface area (Å²) >= 11 is 0. The number of hydrogen-bond donors (Lipinski definition) is 1. The molecule has 7 nitrogen and oxygen atoms in total. The summed E-state index contributed by atoms with van der Waals surface area (Å²) in [5.41, 5.74) is 2.70. The second-order valence-corrected chi connectivity index (χ2v) is 9.45. The summed E-state index contributed by atoms with van der Waals surface area (Å²) in [7, 11) is -3.93. The topological polar surface area (TPSA) is 89.2 Å². The highest BCUT2D eigenvalue weighted by Gasteiger charge is 2.27. The van der Waals surface area contributed by atoms with Crippen LogP contribution in [-0.4, -0.2) is 28.2 Å². The van der Waals surface area contributed by atoms with Crippen LogP contribution in [0.4, 0.5) is 10.2 Å². The summed E-state index contributed by atoms with van der Waals surface area (Å²) in [4.78, 5) is 4.73. The van der Waals surface area contributed by atoms with Crippen LogP contribution < -0.4 is 5.32 Å². The first-order valence-electron chi connectivity index (χ1n) is 10.4. The maximum Gasteiger partial charge on any atom is 0.229 e. The van der Waals surface area contributed by atoms with Crippen LogP contribution in [0.3, 0.4) is 0 Å². The predicted molar refractivity (Wildman–Crippen MR) is 123 cm³/mol. The summed E-state index contributed by atoms with van der Waals surface area (Å²) in [6, 6.07) is 20.3. The average molecular weight is 462 g/mol. The number of halogens is 1. The zero-order valence-corrected chi connectivity index (χ0v) is 18.6. The van der Waals surface area contributed by atoms with Crippen LogP contribution in [0.15, 0.2) is 82.7 Å². The molecule has 2 heterocycles. The van der Waals surface area contributed by atoms with Gasteiger partial charge in [-0.3, -0.25) is 0 Å². The van der Waals surface area contributed by atoms with Gasteiger partial charge < -0.3 is 5.32 Å². The number of nitrogens with zero attached hydrogens (tertiary/aromatic N) is 4. The molecule has 1 N–H and O–H groups in total. The van der Waals surface area contributed by atoms with Gasteiger partial charge in [0.1, 0.15) is 11.6 Å². The minimum atomic E-state index is -3.93. The quantitative estimate of drug-likeness (QED) is 0.403. The standard InChI is InChI=1S/C24H20FN5O2S/c1-2-16-9-13-19(14-10-16)33(31,32)24-23-27-22(26-15-17-7-11-18(25)12-8-17)20-5-3-4-6-21(20)30(23)29-28-24/h3-14H,2,15H2,1H3,(H,26,27). The van der Waals surface area contributed by atoms with E-state index in [2.05, 4.69) is 20.6 Å². The first-order valence-corrected chi connectivity index (χ1v) is 11.9. The van der Waals surface area contributed by atoms with Gasteiger partial charge in [0.05, 0.1) is 10.4 Å². The van der Waals surface area contributed by atoms with Crippen LogP contribution in [0.2, 0.25) is 0 Å². The Morgan fingerprint density at radius 2 is 1.64 bits per heavy atom. The van der Waals surface area contributed by atoms with Gasteiger partial charge in [-0.15, -0.1) is 5.10 Å². The monoisotopic (exact) mass is 461 g/mol. The fraction of sp³-hybridized carbons (Fsp3) is 0.125. The molecule has 0 aliphatic rings. The van der Waals surface area contributed by atoms with E-state index in [-0.39, 0.29) is 21.4 Å². The summed E-state index contributed by atoms with van der Waals surface area (Å²) in [5.74, 6) is 0.179. The van der Waals surface area contributed by atoms with E-state index >= 15 is 0 Å². The average Bonchev–Trinajstić information content (AvgIpc) is 3.28. The molecule has 0 atom stereocenters. The number of aryl methyl sites for hydroxylation is 1. The van der Waals surface area contributed by atoms with Crippen molar-refractivity contribution in [2.24, 2.45) is 0 Å². The molecule has 0 spiro atoms. The number of hydrogen-bond acceptors (Lipinski definition) is 6. The third-order valence-corrected chi connectivity index (χ3v) is 7.16. The van der Waals surface area contributed by atoms with Gasteiger partial charge in [-0.05, 0) is 53.9 Å². The van der Waals surface area contributed by atoms with Gasteiger partial charge in [-0.25, -0.2) is 17.8 Å². The molecule has 0 aliphatic carbocycles. The summed E-state index contributed by atoms with van der Waals surface area (Å²) in [6.45, 7) is 2.39. The van der Waals surface area contributed by atoms with Gasteiger partial charge in [0, 0.05) is 11.9 Å². The fourth-order valence-corrected chi connectivity index (χ4v) is 4.89. The van der Waals surface area contributed by atoms with E-state index in [9.17, 15) is 12.8 Å². The van der Waals surface area contributed by atoms with Gasteiger partial charge >= 0.3 is 0 Å². The Balaban J connectivity index is 1.62. The van der Waals surface area contributed by atoms with Gasteiger partial charge in [0.2, 0.25) is 14.9 Å². The van der Waals surface area contributed by atoms with Crippen LogP contribution in [0.1, 0.15) is 18.1 Å². The van der Waals surface area contributed by atoms with E-state index in [0.29, 0.717) is 17.9 Å². The first kappa shape index (κ1) is 21.0. The minimum Gasteiger partial charge on any atom is -0.365 e. The van der Waals surface area contributed by atoms with Crippen LogP contribution in [-0.2, 0) is 22.8 Å². The highest BCUT2D eigenvalue weighted by Crippen LogP contribution is 2.28. The van der Waals surface area contributed by atoms with Gasteiger partial charge in [0.15, 0.2) is 5.65 Å². The highest BCUT2D eigenvalue weighted by atomic mass is 32.2. The SMILES string of the molecule is CCc1ccc(S(=O)(=O)c2nnn3c2nc(NCc2ccc(F)cc2)c2ccccc23)cc1. The van der Waals surface area contributed by atoms with Gasteiger partial charge in [-0.1, -0.05) is 48.5 Å². The van der Waals surface area contributed by atoms with E-state index < -0.39 is 9.84 Å². The summed E-state index contributed by atoms with van der Waals surface area (Å²) in [5, 5.41) is 11.9. The Morgan fingerprint density at radius 1 is 0.939 bits per heavy atom. The first-order chi connectivity index (χ1) is 16.0. The molecular weight excluding hydrogens is 441 g/mol. The molecule has 0 unspecified atom stereocenters. The molecule has 0 amide bonds. The highest BCUT2D eigenvalue weighted by molar-refractivity contribution is 7.91. The van der Waals surface area contributed by atoms with Crippen molar-refractivity contribution in [2.45, 2.75) is 29.8 Å². The lowest BCUT2D eigenvalue weighted by atomic mass is 10.2. The van der Waals surface area contributed by atoms with Crippen molar-refractivity contribution >= 4 is 32.2 Å². The number of nitrogens with one attached hydrogen (secondary N) is 1. The molecule has 3 aromatic carbocycles. The molecule has 5 aromatic rings. The Bertz CT molecular complexity index is 1560. The Kier molecular flexibility index (Phi) is 5.26. The fourth-order valence-electron chi connectivity index (χ4n) is 3.66. The number of benzene rings is 3. The van der Waals surface area contributed by atoms with Crippen LogP contribution in [0, 0.1) is 5.82 Å². The maximum absolute atomic E-state index is 13.4. The van der Waals surface area contributed by atoms with Crippen molar-refractivity contribution in [2.75, 3.05) is 5.32 Å². The second-order valence-electron chi connectivity index (χ2n) is 7.59. The third-order valence-electron chi connectivity index (χ3n) is 5.49.